The molecule has 8 heteroatoms. The van der Waals surface area contributed by atoms with E-state index in [2.05, 4.69) is 31.7 Å². The molecule has 3 aromatic heterocycles. The maximum atomic E-state index is 13.2. The normalized spacial score (nSPS) is 19.8. The number of nitrogens with zero attached hydrogens (tertiary/aromatic N) is 7. The number of rotatable bonds is 2. The molecule has 0 bridgehead atoms. The molecule has 0 radical (unpaired) electrons. The van der Waals surface area contributed by atoms with E-state index in [4.69, 9.17) is 0 Å². The van der Waals surface area contributed by atoms with E-state index in [0.29, 0.717) is 30.1 Å². The minimum absolute atomic E-state index is 0.0235. The number of imidazole rings is 1. The van der Waals surface area contributed by atoms with Crippen molar-refractivity contribution in [2.45, 2.75) is 45.2 Å². The van der Waals surface area contributed by atoms with E-state index >= 15 is 0 Å². The van der Waals surface area contributed by atoms with Crippen LogP contribution in [0.1, 0.15) is 59.6 Å². The van der Waals surface area contributed by atoms with Crippen LogP contribution in [-0.2, 0) is 13.6 Å². The van der Waals surface area contributed by atoms with Crippen LogP contribution in [0.15, 0.2) is 12.3 Å². The summed E-state index contributed by atoms with van der Waals surface area (Å²) in [7, 11) is 1.91. The molecule has 4 heterocycles. The van der Waals surface area contributed by atoms with Crippen molar-refractivity contribution in [2.24, 2.45) is 7.05 Å². The topological polar surface area (TPSA) is 81.7 Å². The fraction of sp³-hybridized carbons (Fsp3) is 0.500. The maximum absolute atomic E-state index is 13.2. The Morgan fingerprint density at radius 3 is 2.85 bits per heavy atom. The van der Waals surface area contributed by atoms with Gasteiger partial charge in [0, 0.05) is 25.7 Å². The van der Waals surface area contributed by atoms with E-state index < -0.39 is 0 Å². The third-order valence-corrected chi connectivity index (χ3v) is 5.49. The average Bonchev–Trinajstić information content (AvgIpc) is 3.32. The Bertz CT molecular complexity index is 1030. The van der Waals surface area contributed by atoms with Gasteiger partial charge in [0.1, 0.15) is 17.2 Å². The van der Waals surface area contributed by atoms with Gasteiger partial charge in [0.25, 0.3) is 5.91 Å². The van der Waals surface area contributed by atoms with Crippen molar-refractivity contribution < 1.29 is 4.79 Å². The van der Waals surface area contributed by atoms with Crippen LogP contribution in [-0.4, -0.2) is 46.7 Å². The average molecular weight is 351 g/mol. The maximum Gasteiger partial charge on any atom is 0.256 e. The Balaban J connectivity index is 1.51. The number of aryl methyl sites for hydroxylation is 2. The van der Waals surface area contributed by atoms with Crippen LogP contribution in [0.2, 0.25) is 0 Å². The molecule has 0 N–H and O–H groups in total. The minimum Gasteiger partial charge on any atom is -0.329 e. The van der Waals surface area contributed by atoms with Crippen LogP contribution in [0.3, 0.4) is 0 Å². The van der Waals surface area contributed by atoms with Crippen molar-refractivity contribution in [1.82, 2.24) is 34.2 Å². The first-order chi connectivity index (χ1) is 12.5. The fourth-order valence-electron chi connectivity index (χ4n) is 3.87. The number of carbonyl (C=O) groups excluding carboxylic acids is 1. The van der Waals surface area contributed by atoms with Gasteiger partial charge in [0.2, 0.25) is 0 Å². The summed E-state index contributed by atoms with van der Waals surface area (Å²) in [5.74, 6) is 3.34. The standard InChI is InChI=1S/C18H21N7O/c1-10-8-24(9-14-21-22-16(25(10)14)12-4-5-12)18(26)13-6-7-19-17-15(13)20-11(2)23(17)3/h6-7,10,12H,4-5,8-9H2,1-3H3/t10-/m0/s1. The zero-order valence-corrected chi connectivity index (χ0v) is 15.2. The van der Waals surface area contributed by atoms with Crippen molar-refractivity contribution in [3.05, 3.63) is 35.3 Å². The quantitative estimate of drug-likeness (QED) is 0.705. The highest BCUT2D eigenvalue weighted by Crippen LogP contribution is 2.41. The van der Waals surface area contributed by atoms with Gasteiger partial charge in [0.15, 0.2) is 11.5 Å². The van der Waals surface area contributed by atoms with Crippen LogP contribution in [0.5, 0.6) is 0 Å². The molecule has 5 rings (SSSR count). The molecule has 8 nitrogen and oxygen atoms in total. The molecule has 134 valence electrons. The number of amides is 1. The summed E-state index contributed by atoms with van der Waals surface area (Å²) in [6.07, 6.45) is 4.07. The molecule has 1 saturated carbocycles. The van der Waals surface area contributed by atoms with Crippen LogP contribution < -0.4 is 0 Å². The van der Waals surface area contributed by atoms with Crippen molar-refractivity contribution in [3.63, 3.8) is 0 Å². The van der Waals surface area contributed by atoms with E-state index in [1.54, 1.807) is 12.3 Å². The molecule has 3 aromatic rings. The Morgan fingerprint density at radius 1 is 1.27 bits per heavy atom. The van der Waals surface area contributed by atoms with Crippen molar-refractivity contribution in [3.8, 4) is 0 Å². The van der Waals surface area contributed by atoms with Crippen molar-refractivity contribution in [1.29, 1.82) is 0 Å². The van der Waals surface area contributed by atoms with E-state index in [0.717, 1.165) is 23.1 Å². The lowest BCUT2D eigenvalue weighted by molar-refractivity contribution is 0.0681. The summed E-state index contributed by atoms with van der Waals surface area (Å²) >= 11 is 0. The fourth-order valence-corrected chi connectivity index (χ4v) is 3.87. The summed E-state index contributed by atoms with van der Waals surface area (Å²) in [6, 6.07) is 1.94. The molecule has 0 aromatic carbocycles. The van der Waals surface area contributed by atoms with Gasteiger partial charge < -0.3 is 14.0 Å². The Hall–Kier alpha value is -2.77. The smallest absolute Gasteiger partial charge is 0.256 e. The number of aromatic nitrogens is 6. The lowest BCUT2D eigenvalue weighted by Gasteiger charge is -2.32. The SMILES string of the molecule is Cc1nc2c(C(=O)N3Cc4nnc(C5CC5)n4[C@@H](C)C3)ccnc2n1C. The predicted octanol–water partition coefficient (Wildman–Crippen LogP) is 1.96. The molecule has 1 amide bonds. The summed E-state index contributed by atoms with van der Waals surface area (Å²) in [4.78, 5) is 24.0. The number of pyridine rings is 1. The number of hydrogen-bond acceptors (Lipinski definition) is 5. The molecular weight excluding hydrogens is 330 g/mol. The predicted molar refractivity (Wildman–Crippen MR) is 94.7 cm³/mol. The molecule has 1 aliphatic heterocycles. The Kier molecular flexibility index (Phi) is 3.19. The van der Waals surface area contributed by atoms with E-state index in [1.807, 2.05) is 23.4 Å². The van der Waals surface area contributed by atoms with Gasteiger partial charge in [0.05, 0.1) is 18.2 Å². The highest BCUT2D eigenvalue weighted by atomic mass is 16.2. The first-order valence-corrected chi connectivity index (χ1v) is 9.05. The second-order valence-corrected chi connectivity index (χ2v) is 7.40. The lowest BCUT2D eigenvalue weighted by Crippen LogP contribution is -2.40. The van der Waals surface area contributed by atoms with Gasteiger partial charge in [-0.2, -0.15) is 0 Å². The highest BCUT2D eigenvalue weighted by Gasteiger charge is 2.36. The molecule has 0 unspecified atom stereocenters. The molecule has 0 saturated heterocycles. The Morgan fingerprint density at radius 2 is 2.08 bits per heavy atom. The Labute approximate surface area is 150 Å². The third kappa shape index (κ3) is 2.17. The second-order valence-electron chi connectivity index (χ2n) is 7.40. The zero-order chi connectivity index (χ0) is 18.0. The van der Waals surface area contributed by atoms with Gasteiger partial charge in [-0.25, -0.2) is 9.97 Å². The molecule has 1 fully saturated rings. The van der Waals surface area contributed by atoms with E-state index in [9.17, 15) is 4.79 Å². The molecule has 1 atom stereocenters. The summed E-state index contributed by atoms with van der Waals surface area (Å²) in [6.45, 7) is 5.18. The van der Waals surface area contributed by atoms with Gasteiger partial charge in [-0.1, -0.05) is 0 Å². The van der Waals surface area contributed by atoms with Gasteiger partial charge in [-0.3, -0.25) is 4.79 Å². The zero-order valence-electron chi connectivity index (χ0n) is 15.2. The first kappa shape index (κ1) is 15.5. The number of hydrogen-bond donors (Lipinski definition) is 0. The van der Waals surface area contributed by atoms with Crippen LogP contribution in [0.25, 0.3) is 11.2 Å². The number of fused-ring (bicyclic) bond motifs is 2. The molecular formula is C18H21N7O. The monoisotopic (exact) mass is 351 g/mol. The molecule has 26 heavy (non-hydrogen) atoms. The van der Waals surface area contributed by atoms with Crippen molar-refractivity contribution >= 4 is 17.1 Å². The van der Waals surface area contributed by atoms with E-state index in [1.165, 1.54) is 12.8 Å². The summed E-state index contributed by atoms with van der Waals surface area (Å²) in [5.41, 5.74) is 2.00. The molecule has 2 aliphatic rings. The minimum atomic E-state index is -0.0235. The van der Waals surface area contributed by atoms with Crippen molar-refractivity contribution in [2.75, 3.05) is 6.54 Å². The first-order valence-electron chi connectivity index (χ1n) is 9.05. The second kappa shape index (κ2) is 5.36. The number of carbonyl (C=O) groups is 1. The van der Waals surface area contributed by atoms with Crippen LogP contribution >= 0.6 is 0 Å². The van der Waals surface area contributed by atoms with Gasteiger partial charge in [-0.15, -0.1) is 10.2 Å². The summed E-state index contributed by atoms with van der Waals surface area (Å²) in [5, 5.41) is 8.75. The van der Waals surface area contributed by atoms with Gasteiger partial charge >= 0.3 is 0 Å². The van der Waals surface area contributed by atoms with Gasteiger partial charge in [-0.05, 0) is 32.8 Å². The third-order valence-electron chi connectivity index (χ3n) is 5.49. The molecule has 1 aliphatic carbocycles. The summed E-state index contributed by atoms with van der Waals surface area (Å²) < 4.78 is 4.14. The lowest BCUT2D eigenvalue weighted by atomic mass is 10.1. The molecule has 0 spiro atoms. The highest BCUT2D eigenvalue weighted by molar-refractivity contribution is 6.04. The van der Waals surface area contributed by atoms with Crippen LogP contribution in [0, 0.1) is 6.92 Å². The van der Waals surface area contributed by atoms with E-state index in [-0.39, 0.29) is 11.9 Å². The largest absolute Gasteiger partial charge is 0.329 e. The van der Waals surface area contributed by atoms with Crippen LogP contribution in [0.4, 0.5) is 0 Å².